The van der Waals surface area contributed by atoms with Crippen molar-refractivity contribution in [2.24, 2.45) is 5.73 Å². The first kappa shape index (κ1) is 15.5. The molecule has 1 atom stereocenters. The molecule has 0 saturated carbocycles. The second kappa shape index (κ2) is 6.08. The fraction of sp³-hybridized carbons (Fsp3) is 0.364. The van der Waals surface area contributed by atoms with Gasteiger partial charge in [-0.1, -0.05) is 31.9 Å². The summed E-state index contributed by atoms with van der Waals surface area (Å²) in [6.45, 7) is 1.33. The van der Waals surface area contributed by atoms with Gasteiger partial charge in [0.15, 0.2) is 0 Å². The Bertz CT molecular complexity index is 434. The van der Waals surface area contributed by atoms with Gasteiger partial charge in [0, 0.05) is 8.95 Å². The van der Waals surface area contributed by atoms with Gasteiger partial charge < -0.3 is 10.5 Å². The SMILES string of the molecule is CCOC(=O)C(F)(F)[C@@H](N)c1cc(Br)cc(Br)c1. The van der Waals surface area contributed by atoms with Crippen LogP contribution in [-0.2, 0) is 9.53 Å². The summed E-state index contributed by atoms with van der Waals surface area (Å²) in [6, 6.07) is 2.79. The van der Waals surface area contributed by atoms with Crippen molar-refractivity contribution < 1.29 is 18.3 Å². The molecule has 1 aromatic carbocycles. The third-order valence-electron chi connectivity index (χ3n) is 2.18. The van der Waals surface area contributed by atoms with E-state index in [4.69, 9.17) is 5.73 Å². The summed E-state index contributed by atoms with van der Waals surface area (Å²) in [4.78, 5) is 11.2. The maximum absolute atomic E-state index is 13.7. The summed E-state index contributed by atoms with van der Waals surface area (Å²) in [6.07, 6.45) is 0. The van der Waals surface area contributed by atoms with Crippen LogP contribution in [0.5, 0.6) is 0 Å². The number of ether oxygens (including phenoxy) is 1. The Balaban J connectivity index is 3.04. The molecule has 0 aliphatic rings. The Morgan fingerprint density at radius 3 is 2.33 bits per heavy atom. The molecule has 0 aromatic heterocycles. The topological polar surface area (TPSA) is 52.3 Å². The first-order valence-electron chi connectivity index (χ1n) is 5.05. The predicted octanol–water partition coefficient (Wildman–Crippen LogP) is 3.41. The Morgan fingerprint density at radius 2 is 1.89 bits per heavy atom. The van der Waals surface area contributed by atoms with Gasteiger partial charge >= 0.3 is 11.9 Å². The number of carbonyl (C=O) groups is 1. The van der Waals surface area contributed by atoms with Crippen LogP contribution in [0.1, 0.15) is 18.5 Å². The molecule has 0 fully saturated rings. The number of alkyl halides is 2. The molecule has 18 heavy (non-hydrogen) atoms. The molecule has 0 spiro atoms. The molecular formula is C11H11Br2F2NO2. The predicted molar refractivity (Wildman–Crippen MR) is 70.4 cm³/mol. The Labute approximate surface area is 120 Å². The fourth-order valence-corrected chi connectivity index (χ4v) is 2.65. The second-order valence-corrected chi connectivity index (χ2v) is 5.36. The van der Waals surface area contributed by atoms with Crippen LogP contribution in [0.4, 0.5) is 8.78 Å². The van der Waals surface area contributed by atoms with Gasteiger partial charge in [-0.2, -0.15) is 8.78 Å². The van der Waals surface area contributed by atoms with Crippen molar-refractivity contribution in [1.82, 2.24) is 0 Å². The van der Waals surface area contributed by atoms with Crippen LogP contribution >= 0.6 is 31.9 Å². The first-order chi connectivity index (χ1) is 8.28. The maximum Gasteiger partial charge on any atom is 0.379 e. The van der Waals surface area contributed by atoms with Crippen LogP contribution in [0.25, 0.3) is 0 Å². The van der Waals surface area contributed by atoms with E-state index >= 15 is 0 Å². The summed E-state index contributed by atoms with van der Waals surface area (Å²) in [5.74, 6) is -5.38. The molecule has 2 N–H and O–H groups in total. The zero-order valence-corrected chi connectivity index (χ0v) is 12.6. The van der Waals surface area contributed by atoms with Gasteiger partial charge in [-0.05, 0) is 30.7 Å². The molecule has 3 nitrogen and oxygen atoms in total. The van der Waals surface area contributed by atoms with Gasteiger partial charge in [-0.25, -0.2) is 4.79 Å². The standard InChI is InChI=1S/C11H11Br2F2NO2/c1-2-18-10(17)11(14,15)9(16)6-3-7(12)5-8(13)4-6/h3-5,9H,2,16H2,1H3/t9-/m0/s1. The van der Waals surface area contributed by atoms with Crippen molar-refractivity contribution in [2.45, 2.75) is 18.9 Å². The molecule has 7 heteroatoms. The van der Waals surface area contributed by atoms with Crippen LogP contribution in [0.3, 0.4) is 0 Å². The van der Waals surface area contributed by atoms with Crippen molar-refractivity contribution in [3.63, 3.8) is 0 Å². The highest BCUT2D eigenvalue weighted by Crippen LogP contribution is 2.33. The monoisotopic (exact) mass is 385 g/mol. The normalized spacial score (nSPS) is 13.2. The number of halogens is 4. The molecular weight excluding hydrogens is 376 g/mol. The summed E-state index contributed by atoms with van der Waals surface area (Å²) >= 11 is 6.34. The molecule has 0 unspecified atom stereocenters. The smallest absolute Gasteiger partial charge is 0.379 e. The summed E-state index contributed by atoms with van der Waals surface area (Å²) in [5, 5.41) is 0. The van der Waals surface area contributed by atoms with Crippen molar-refractivity contribution in [3.05, 3.63) is 32.7 Å². The molecule has 1 rings (SSSR count). The molecule has 0 bridgehead atoms. The number of hydrogen-bond acceptors (Lipinski definition) is 3. The van der Waals surface area contributed by atoms with Crippen molar-refractivity contribution in [3.8, 4) is 0 Å². The number of carbonyl (C=O) groups excluding carboxylic acids is 1. The van der Waals surface area contributed by atoms with E-state index < -0.39 is 17.9 Å². The average molecular weight is 387 g/mol. The second-order valence-electron chi connectivity index (χ2n) is 3.52. The van der Waals surface area contributed by atoms with Crippen LogP contribution < -0.4 is 5.73 Å². The zero-order valence-electron chi connectivity index (χ0n) is 9.42. The van der Waals surface area contributed by atoms with Gasteiger partial charge in [0.05, 0.1) is 6.61 Å². The van der Waals surface area contributed by atoms with Crippen molar-refractivity contribution in [1.29, 1.82) is 0 Å². The number of hydrogen-bond donors (Lipinski definition) is 1. The number of benzene rings is 1. The first-order valence-corrected chi connectivity index (χ1v) is 6.64. The molecule has 0 amide bonds. The highest BCUT2D eigenvalue weighted by Gasteiger charge is 2.47. The fourth-order valence-electron chi connectivity index (χ4n) is 1.32. The zero-order chi connectivity index (χ0) is 13.9. The van der Waals surface area contributed by atoms with E-state index in [1.54, 1.807) is 6.07 Å². The molecule has 0 aliphatic carbocycles. The Kier molecular flexibility index (Phi) is 5.24. The van der Waals surface area contributed by atoms with Gasteiger partial charge in [-0.3, -0.25) is 0 Å². The van der Waals surface area contributed by atoms with E-state index in [1.165, 1.54) is 19.1 Å². The lowest BCUT2D eigenvalue weighted by Crippen LogP contribution is -2.41. The van der Waals surface area contributed by atoms with Crippen molar-refractivity contribution in [2.75, 3.05) is 6.61 Å². The van der Waals surface area contributed by atoms with Gasteiger partial charge in [0.25, 0.3) is 0 Å². The maximum atomic E-state index is 13.7. The molecule has 0 saturated heterocycles. The summed E-state index contributed by atoms with van der Waals surface area (Å²) in [5.41, 5.74) is 5.58. The van der Waals surface area contributed by atoms with Gasteiger partial charge in [0.2, 0.25) is 0 Å². The lowest BCUT2D eigenvalue weighted by atomic mass is 10.0. The molecule has 0 heterocycles. The van der Waals surface area contributed by atoms with Gasteiger partial charge in [0.1, 0.15) is 6.04 Å². The van der Waals surface area contributed by atoms with Gasteiger partial charge in [-0.15, -0.1) is 0 Å². The van der Waals surface area contributed by atoms with E-state index in [0.717, 1.165) is 0 Å². The largest absolute Gasteiger partial charge is 0.462 e. The van der Waals surface area contributed by atoms with E-state index in [2.05, 4.69) is 36.6 Å². The number of rotatable bonds is 4. The van der Waals surface area contributed by atoms with Crippen LogP contribution in [-0.4, -0.2) is 18.5 Å². The summed E-state index contributed by atoms with van der Waals surface area (Å²) < 4.78 is 32.9. The summed E-state index contributed by atoms with van der Waals surface area (Å²) in [7, 11) is 0. The highest BCUT2D eigenvalue weighted by atomic mass is 79.9. The third-order valence-corrected chi connectivity index (χ3v) is 3.10. The molecule has 100 valence electrons. The molecule has 1 aromatic rings. The minimum atomic E-state index is -3.77. The minimum absolute atomic E-state index is 0.122. The lowest BCUT2D eigenvalue weighted by molar-refractivity contribution is -0.174. The number of esters is 1. The average Bonchev–Trinajstić information content (AvgIpc) is 2.26. The van der Waals surface area contributed by atoms with Crippen LogP contribution in [0.2, 0.25) is 0 Å². The van der Waals surface area contributed by atoms with E-state index in [9.17, 15) is 13.6 Å². The molecule has 0 aliphatic heterocycles. The molecule has 0 radical (unpaired) electrons. The van der Waals surface area contributed by atoms with Crippen LogP contribution in [0, 0.1) is 0 Å². The van der Waals surface area contributed by atoms with E-state index in [-0.39, 0.29) is 12.2 Å². The van der Waals surface area contributed by atoms with Crippen molar-refractivity contribution >= 4 is 37.8 Å². The minimum Gasteiger partial charge on any atom is -0.462 e. The van der Waals surface area contributed by atoms with E-state index in [1.807, 2.05) is 0 Å². The van der Waals surface area contributed by atoms with Crippen LogP contribution in [0.15, 0.2) is 27.1 Å². The quantitative estimate of drug-likeness (QED) is 0.806. The lowest BCUT2D eigenvalue weighted by Gasteiger charge is -2.22. The third kappa shape index (κ3) is 3.49. The van der Waals surface area contributed by atoms with E-state index in [0.29, 0.717) is 8.95 Å². The Hall–Kier alpha value is -0.530. The Morgan fingerprint density at radius 1 is 1.39 bits per heavy atom. The highest BCUT2D eigenvalue weighted by molar-refractivity contribution is 9.11. The number of nitrogens with two attached hydrogens (primary N) is 1.